The Bertz CT molecular complexity index is 1220. The zero-order valence-electron chi connectivity index (χ0n) is 28.5. The van der Waals surface area contributed by atoms with Gasteiger partial charge >= 0.3 is 103 Å². The first-order valence-electron chi connectivity index (χ1n) is 13.2. The van der Waals surface area contributed by atoms with Crippen molar-refractivity contribution in [1.29, 1.82) is 0 Å². The molecule has 1 unspecified atom stereocenters. The van der Waals surface area contributed by atoms with Gasteiger partial charge in [-0.05, 0) is 30.3 Å². The number of nitrogens with one attached hydrogen (secondary N) is 3. The van der Waals surface area contributed by atoms with Crippen LogP contribution >= 0.6 is 0 Å². The minimum absolute atomic E-state index is 0. The molecule has 0 aromatic heterocycles. The second kappa shape index (κ2) is 33.7. The molecule has 0 aliphatic rings. The summed E-state index contributed by atoms with van der Waals surface area (Å²) in [6.45, 7) is 21.6. The SMILES string of the molecule is C=C(NC[CH2-])C(N)CN.CCc1cc(N[CH-]C(C)=N/C=C(\C)c2ccc(NC)c(F)c2F)ccc1[C-]=O.O=CO.[CH-]=CC.[CH3-].[K+].[K+]. The Labute approximate surface area is 360 Å². The fraction of sp³-hybridized carbons (Fsp3) is 0.273. The predicted octanol–water partition coefficient (Wildman–Crippen LogP) is -0.513. The molecule has 0 radical (unpaired) electrons. The van der Waals surface area contributed by atoms with Gasteiger partial charge in [0.25, 0.3) is 6.47 Å². The number of allylic oxidation sites excluding steroid dienone is 2. The maximum absolute atomic E-state index is 14.2. The Morgan fingerprint density at radius 2 is 1.80 bits per heavy atom. The molecule has 0 fully saturated rings. The van der Waals surface area contributed by atoms with E-state index in [2.05, 4.69) is 34.4 Å². The number of anilines is 2. The molecule has 0 aliphatic carbocycles. The molecule has 1 atom stereocenters. The summed E-state index contributed by atoms with van der Waals surface area (Å²) in [4.78, 5) is 23.5. The average Bonchev–Trinajstić information content (AvgIpc) is 3.00. The number of nitrogens with two attached hydrogens (primary N) is 2. The minimum atomic E-state index is -0.913. The van der Waals surface area contributed by atoms with Gasteiger partial charge in [0.1, 0.15) is 0 Å². The van der Waals surface area contributed by atoms with E-state index in [0.717, 1.165) is 23.4 Å². The molecular weight excluding hydrogens is 645 g/mol. The molecule has 13 heteroatoms. The minimum Gasteiger partial charge on any atom is -0.518 e. The summed E-state index contributed by atoms with van der Waals surface area (Å²) in [5.41, 5.74) is 15.2. The van der Waals surface area contributed by atoms with E-state index in [-0.39, 0.29) is 134 Å². The van der Waals surface area contributed by atoms with Crippen molar-refractivity contribution in [3.05, 3.63) is 111 Å². The maximum atomic E-state index is 14.2. The Hall–Kier alpha value is -1.21. The fourth-order valence-electron chi connectivity index (χ4n) is 3.05. The van der Waals surface area contributed by atoms with Crippen molar-refractivity contribution >= 4 is 35.4 Å². The summed E-state index contributed by atoms with van der Waals surface area (Å²) in [7, 11) is 1.53. The van der Waals surface area contributed by atoms with Gasteiger partial charge in [-0.15, -0.1) is 23.4 Å². The third kappa shape index (κ3) is 22.4. The number of carbonyl (C=O) groups is 1. The van der Waals surface area contributed by atoms with Crippen LogP contribution in [0, 0.1) is 39.1 Å². The van der Waals surface area contributed by atoms with Crippen molar-refractivity contribution in [1.82, 2.24) is 5.32 Å². The van der Waals surface area contributed by atoms with E-state index in [1.807, 2.05) is 19.3 Å². The van der Waals surface area contributed by atoms with E-state index in [4.69, 9.17) is 27.9 Å². The number of aliphatic imine (C=N–C) groups is 1. The number of carbonyl (C=O) groups excluding carboxylic acids is 1. The Kier molecular flexibility index (Phi) is 39.7. The molecule has 0 amide bonds. The normalized spacial score (nSPS) is 10.3. The van der Waals surface area contributed by atoms with Crippen LogP contribution in [0.5, 0.6) is 0 Å². The van der Waals surface area contributed by atoms with Gasteiger partial charge in [0.15, 0.2) is 11.6 Å². The van der Waals surface area contributed by atoms with Crippen LogP contribution in [-0.2, 0) is 16.0 Å². The van der Waals surface area contributed by atoms with Crippen molar-refractivity contribution in [3.8, 4) is 0 Å². The monoisotopic (exact) mass is 691 g/mol. The smallest absolute Gasteiger partial charge is 0.518 e. The summed E-state index contributed by atoms with van der Waals surface area (Å²) < 4.78 is 28.1. The van der Waals surface area contributed by atoms with Gasteiger partial charge in [-0.1, -0.05) is 45.9 Å². The molecular formula is C33H47F2K2N6O3-3. The van der Waals surface area contributed by atoms with Crippen LogP contribution in [0.15, 0.2) is 59.9 Å². The summed E-state index contributed by atoms with van der Waals surface area (Å²) in [6, 6.07) is 8.23. The second-order valence-corrected chi connectivity index (χ2v) is 8.47. The van der Waals surface area contributed by atoms with E-state index in [1.54, 1.807) is 39.4 Å². The van der Waals surface area contributed by atoms with Crippen LogP contribution in [0.2, 0.25) is 0 Å². The predicted molar refractivity (Wildman–Crippen MR) is 180 cm³/mol. The zero-order valence-corrected chi connectivity index (χ0v) is 34.8. The third-order valence-corrected chi connectivity index (χ3v) is 5.34. The topological polar surface area (TPSA) is 155 Å². The summed E-state index contributed by atoms with van der Waals surface area (Å²) >= 11 is 0. The summed E-state index contributed by atoms with van der Waals surface area (Å²) in [5, 5.41) is 15.5. The number of rotatable bonds is 12. The maximum Gasteiger partial charge on any atom is 1.00 e. The Morgan fingerprint density at radius 1 is 1.24 bits per heavy atom. The van der Waals surface area contributed by atoms with Gasteiger partial charge in [-0.25, -0.2) is 8.78 Å². The van der Waals surface area contributed by atoms with Gasteiger partial charge < -0.3 is 58.2 Å². The molecule has 0 saturated carbocycles. The Balaban J connectivity index is -0.000000262. The fourth-order valence-corrected chi connectivity index (χ4v) is 3.05. The molecule has 246 valence electrons. The number of benzene rings is 2. The van der Waals surface area contributed by atoms with Gasteiger partial charge in [-0.2, -0.15) is 6.07 Å². The van der Waals surface area contributed by atoms with Crippen molar-refractivity contribution in [2.75, 3.05) is 30.8 Å². The van der Waals surface area contributed by atoms with Crippen molar-refractivity contribution in [3.63, 3.8) is 0 Å². The van der Waals surface area contributed by atoms with Crippen molar-refractivity contribution in [2.45, 2.75) is 40.2 Å². The molecule has 0 spiro atoms. The standard InChI is InChI=1S/C22H23F2N3O.C6H14N3.C3H5.CH2O2.CH3.2K/c1-5-16-10-18(7-6-17(16)13-28)27-12-15(3)26-11-14(2)19-8-9-20(25-4)22(24)21(19)23;1-3-9-5(2)6(8)4-7;1-3-2;2-1-3;;;/h6-12,25,27H,5H2,1-4H3;6,9H,1-4,7-8H2;1,3H,2H3;1H,(H,2,3);1H3;;/q-2;2*-1;;-1;2*+1/b14-11+,26-15?;;;;;;. The average molecular weight is 692 g/mol. The number of hydrogen-bond acceptors (Lipinski definition) is 8. The summed E-state index contributed by atoms with van der Waals surface area (Å²) in [6.07, 6.45) is 5.64. The molecule has 46 heavy (non-hydrogen) atoms. The molecule has 8 N–H and O–H groups in total. The largest absolute Gasteiger partial charge is 1.00 e. The Morgan fingerprint density at radius 3 is 2.26 bits per heavy atom. The van der Waals surface area contributed by atoms with E-state index in [9.17, 15) is 13.6 Å². The number of carboxylic acid groups (broad SMARTS) is 1. The third-order valence-electron chi connectivity index (χ3n) is 5.34. The molecule has 2 aromatic carbocycles. The number of hydrogen-bond donors (Lipinski definition) is 6. The van der Waals surface area contributed by atoms with E-state index < -0.39 is 11.6 Å². The van der Waals surface area contributed by atoms with Gasteiger partial charge in [0, 0.05) is 31.1 Å². The van der Waals surface area contributed by atoms with E-state index in [1.165, 1.54) is 31.5 Å². The molecule has 0 saturated heterocycles. The van der Waals surface area contributed by atoms with Crippen molar-refractivity contribution < 1.29 is 126 Å². The summed E-state index contributed by atoms with van der Waals surface area (Å²) in [5.74, 6) is -1.82. The molecule has 9 nitrogen and oxygen atoms in total. The van der Waals surface area contributed by atoms with E-state index in [0.29, 0.717) is 29.9 Å². The van der Waals surface area contributed by atoms with Gasteiger partial charge in [0.2, 0.25) is 0 Å². The zero-order chi connectivity index (χ0) is 33.4. The van der Waals surface area contributed by atoms with Crippen LogP contribution in [0.4, 0.5) is 20.2 Å². The van der Waals surface area contributed by atoms with Gasteiger partial charge in [0.05, 0.1) is 18.0 Å². The van der Waals surface area contributed by atoms with Crippen molar-refractivity contribution in [2.24, 2.45) is 16.5 Å². The first-order valence-corrected chi connectivity index (χ1v) is 13.2. The van der Waals surface area contributed by atoms with E-state index >= 15 is 0 Å². The molecule has 0 bridgehead atoms. The quantitative estimate of drug-likeness (QED) is 0.0753. The molecule has 2 aromatic rings. The van der Waals surface area contributed by atoms with Crippen LogP contribution < -0.4 is 130 Å². The van der Waals surface area contributed by atoms with Crippen LogP contribution in [0.1, 0.15) is 44.4 Å². The number of aryl methyl sites for hydroxylation is 1. The van der Waals surface area contributed by atoms with Gasteiger partial charge in [-0.3, -0.25) is 22.4 Å². The molecule has 2 rings (SSSR count). The number of nitrogens with zero attached hydrogens (tertiary/aromatic N) is 1. The first kappa shape index (κ1) is 54.3. The van der Waals surface area contributed by atoms with Crippen LogP contribution in [0.25, 0.3) is 5.57 Å². The van der Waals surface area contributed by atoms with Crippen LogP contribution in [0.3, 0.4) is 0 Å². The molecule has 0 aliphatic heterocycles. The van der Waals surface area contributed by atoms with Crippen LogP contribution in [-0.4, -0.2) is 49.8 Å². The first-order chi connectivity index (χ1) is 20.5. The second-order valence-electron chi connectivity index (χ2n) is 8.47. The number of halogens is 2. The molecule has 0 heterocycles.